The number of benzene rings is 1. The fraction of sp³-hybridized carbons (Fsp3) is 0.500. The number of nitrogens with two attached hydrogens (primary N) is 1. The van der Waals surface area contributed by atoms with Crippen LogP contribution in [0, 0.1) is 0 Å². The summed E-state index contributed by atoms with van der Waals surface area (Å²) in [5.74, 6) is 0. The van der Waals surface area contributed by atoms with E-state index in [4.69, 9.17) is 5.73 Å². The molecule has 1 saturated carbocycles. The van der Waals surface area contributed by atoms with Crippen LogP contribution >= 0.6 is 0 Å². The van der Waals surface area contributed by atoms with Gasteiger partial charge in [-0.2, -0.15) is 0 Å². The Morgan fingerprint density at radius 2 is 2.05 bits per heavy atom. The third kappa shape index (κ3) is 2.82. The van der Waals surface area contributed by atoms with E-state index in [-0.39, 0.29) is 0 Å². The molecule has 3 rings (SSSR count). The monoisotopic (exact) mass is 257 g/mol. The zero-order valence-electron chi connectivity index (χ0n) is 11.4. The molecule has 3 heteroatoms. The second kappa shape index (κ2) is 5.76. The minimum atomic E-state index is 0.344. The zero-order valence-corrected chi connectivity index (χ0v) is 11.4. The fourth-order valence-electron chi connectivity index (χ4n) is 3.14. The van der Waals surface area contributed by atoms with Crippen molar-refractivity contribution in [2.24, 2.45) is 5.73 Å². The van der Waals surface area contributed by atoms with Gasteiger partial charge in [-0.1, -0.05) is 31.0 Å². The average Bonchev–Trinajstić information content (AvgIpc) is 2.85. The number of aromatic amines is 1. The van der Waals surface area contributed by atoms with Gasteiger partial charge in [0.05, 0.1) is 0 Å². The molecule has 2 unspecified atom stereocenters. The molecular formula is C16H23N3. The van der Waals surface area contributed by atoms with Crippen molar-refractivity contribution < 1.29 is 0 Å². The normalized spacial score (nSPS) is 23.8. The average molecular weight is 257 g/mol. The molecule has 1 fully saturated rings. The second-order valence-corrected chi connectivity index (χ2v) is 5.62. The van der Waals surface area contributed by atoms with Crippen LogP contribution in [0.3, 0.4) is 0 Å². The minimum absolute atomic E-state index is 0.344. The summed E-state index contributed by atoms with van der Waals surface area (Å²) in [5, 5.41) is 4.98. The molecule has 0 amide bonds. The smallest absolute Gasteiger partial charge is 0.0456 e. The molecule has 3 nitrogen and oxygen atoms in total. The first-order chi connectivity index (χ1) is 9.34. The van der Waals surface area contributed by atoms with E-state index in [9.17, 15) is 0 Å². The minimum Gasteiger partial charge on any atom is -0.361 e. The molecular weight excluding hydrogens is 234 g/mol. The lowest BCUT2D eigenvalue weighted by Gasteiger charge is -2.29. The summed E-state index contributed by atoms with van der Waals surface area (Å²) in [5.41, 5.74) is 8.78. The molecule has 2 atom stereocenters. The number of fused-ring (bicyclic) bond motifs is 1. The molecule has 2 aromatic rings. The lowest BCUT2D eigenvalue weighted by atomic mass is 9.91. The number of H-pyrrole nitrogens is 1. The maximum Gasteiger partial charge on any atom is 0.0456 e. The summed E-state index contributed by atoms with van der Waals surface area (Å²) < 4.78 is 0. The quantitative estimate of drug-likeness (QED) is 0.788. The van der Waals surface area contributed by atoms with Gasteiger partial charge in [-0.3, -0.25) is 0 Å². The maximum atomic E-state index is 6.16. The summed E-state index contributed by atoms with van der Waals surface area (Å²) >= 11 is 0. The molecule has 1 heterocycles. The largest absolute Gasteiger partial charge is 0.361 e. The number of hydrogen-bond acceptors (Lipinski definition) is 2. The Labute approximate surface area is 114 Å². The second-order valence-electron chi connectivity index (χ2n) is 5.62. The molecule has 0 aliphatic heterocycles. The molecule has 1 aliphatic carbocycles. The molecule has 1 aliphatic rings. The molecule has 1 aromatic heterocycles. The van der Waals surface area contributed by atoms with Crippen LogP contribution in [-0.2, 0) is 6.42 Å². The van der Waals surface area contributed by atoms with E-state index in [1.807, 2.05) is 0 Å². The van der Waals surface area contributed by atoms with Crippen molar-refractivity contribution >= 4 is 10.9 Å². The number of aromatic nitrogens is 1. The first-order valence-corrected chi connectivity index (χ1v) is 7.38. The van der Waals surface area contributed by atoms with Crippen molar-refractivity contribution in [2.45, 2.75) is 44.2 Å². The van der Waals surface area contributed by atoms with E-state index in [1.54, 1.807) is 0 Å². The van der Waals surface area contributed by atoms with Crippen LogP contribution in [0.1, 0.15) is 31.2 Å². The number of hydrogen-bond donors (Lipinski definition) is 3. The predicted molar refractivity (Wildman–Crippen MR) is 80.2 cm³/mol. The Balaban J connectivity index is 1.57. The zero-order chi connectivity index (χ0) is 13.1. The lowest BCUT2D eigenvalue weighted by Crippen LogP contribution is -2.47. The molecule has 1 aromatic carbocycles. The summed E-state index contributed by atoms with van der Waals surface area (Å²) in [4.78, 5) is 3.33. The SMILES string of the molecule is NC1CCCCC1NCCc1c[nH]c2ccccc12. The molecule has 0 spiro atoms. The number of para-hydroxylation sites is 1. The van der Waals surface area contributed by atoms with Gasteiger partial charge in [0.25, 0.3) is 0 Å². The van der Waals surface area contributed by atoms with Crippen LogP contribution in [0.4, 0.5) is 0 Å². The maximum absolute atomic E-state index is 6.16. The van der Waals surface area contributed by atoms with E-state index in [1.165, 1.54) is 42.1 Å². The van der Waals surface area contributed by atoms with Gasteiger partial charge in [0, 0.05) is 29.2 Å². The highest BCUT2D eigenvalue weighted by Crippen LogP contribution is 2.19. The van der Waals surface area contributed by atoms with Crippen molar-refractivity contribution in [1.82, 2.24) is 10.3 Å². The lowest BCUT2D eigenvalue weighted by molar-refractivity contribution is 0.329. The van der Waals surface area contributed by atoms with Crippen LogP contribution in [0.2, 0.25) is 0 Å². The van der Waals surface area contributed by atoms with Gasteiger partial charge in [0.15, 0.2) is 0 Å². The van der Waals surface area contributed by atoms with Crippen molar-refractivity contribution in [1.29, 1.82) is 0 Å². The van der Waals surface area contributed by atoms with Gasteiger partial charge in [0.1, 0.15) is 0 Å². The fourth-order valence-corrected chi connectivity index (χ4v) is 3.14. The Bertz CT molecular complexity index is 532. The summed E-state index contributed by atoms with van der Waals surface area (Å²) in [6, 6.07) is 9.35. The number of nitrogens with one attached hydrogen (secondary N) is 2. The topological polar surface area (TPSA) is 53.8 Å². The molecule has 0 radical (unpaired) electrons. The van der Waals surface area contributed by atoms with E-state index < -0.39 is 0 Å². The van der Waals surface area contributed by atoms with Crippen molar-refractivity contribution in [3.05, 3.63) is 36.0 Å². The molecule has 102 valence electrons. The molecule has 0 bridgehead atoms. The van der Waals surface area contributed by atoms with Crippen LogP contribution in [-0.4, -0.2) is 23.6 Å². The van der Waals surface area contributed by atoms with Crippen LogP contribution in [0.25, 0.3) is 10.9 Å². The van der Waals surface area contributed by atoms with E-state index in [2.05, 4.69) is 40.8 Å². The highest BCUT2D eigenvalue weighted by atomic mass is 15.0. The summed E-state index contributed by atoms with van der Waals surface area (Å²) in [6.07, 6.45) is 8.21. The van der Waals surface area contributed by atoms with Crippen molar-refractivity contribution in [3.8, 4) is 0 Å². The van der Waals surface area contributed by atoms with Gasteiger partial charge in [0.2, 0.25) is 0 Å². The standard InChI is InChI=1S/C16H23N3/c17-14-6-2-4-8-16(14)18-10-9-12-11-19-15-7-3-1-5-13(12)15/h1,3,5,7,11,14,16,18-19H,2,4,6,8-10,17H2. The first-order valence-electron chi connectivity index (χ1n) is 7.38. The Hall–Kier alpha value is -1.32. The molecule has 0 saturated heterocycles. The van der Waals surface area contributed by atoms with Gasteiger partial charge < -0.3 is 16.0 Å². The van der Waals surface area contributed by atoms with E-state index in [0.29, 0.717) is 12.1 Å². The van der Waals surface area contributed by atoms with E-state index >= 15 is 0 Å². The van der Waals surface area contributed by atoms with Crippen molar-refractivity contribution in [3.63, 3.8) is 0 Å². The summed E-state index contributed by atoms with van der Waals surface area (Å²) in [7, 11) is 0. The Morgan fingerprint density at radius 3 is 2.95 bits per heavy atom. The third-order valence-corrected chi connectivity index (χ3v) is 4.30. The third-order valence-electron chi connectivity index (χ3n) is 4.30. The highest BCUT2D eigenvalue weighted by Gasteiger charge is 2.20. The van der Waals surface area contributed by atoms with Crippen LogP contribution < -0.4 is 11.1 Å². The van der Waals surface area contributed by atoms with Gasteiger partial charge in [-0.05, 0) is 37.4 Å². The Morgan fingerprint density at radius 1 is 1.21 bits per heavy atom. The van der Waals surface area contributed by atoms with Gasteiger partial charge in [-0.15, -0.1) is 0 Å². The van der Waals surface area contributed by atoms with Crippen LogP contribution in [0.15, 0.2) is 30.5 Å². The Kier molecular flexibility index (Phi) is 3.85. The van der Waals surface area contributed by atoms with Crippen molar-refractivity contribution in [2.75, 3.05) is 6.54 Å². The van der Waals surface area contributed by atoms with Gasteiger partial charge >= 0.3 is 0 Å². The van der Waals surface area contributed by atoms with Gasteiger partial charge in [-0.25, -0.2) is 0 Å². The van der Waals surface area contributed by atoms with Crippen LogP contribution in [0.5, 0.6) is 0 Å². The first kappa shape index (κ1) is 12.7. The number of rotatable bonds is 4. The highest BCUT2D eigenvalue weighted by molar-refractivity contribution is 5.83. The summed E-state index contributed by atoms with van der Waals surface area (Å²) in [6.45, 7) is 1.01. The predicted octanol–water partition coefficient (Wildman–Crippen LogP) is 2.57. The van der Waals surface area contributed by atoms with E-state index in [0.717, 1.165) is 13.0 Å². The molecule has 4 N–H and O–H groups in total. The molecule has 19 heavy (non-hydrogen) atoms.